The molecule has 0 spiro atoms. The van der Waals surface area contributed by atoms with Gasteiger partial charge in [0.05, 0.1) is 0 Å². The third-order valence-corrected chi connectivity index (χ3v) is 4.45. The average Bonchev–Trinajstić information content (AvgIpc) is 2.75. The van der Waals surface area contributed by atoms with Gasteiger partial charge in [0.25, 0.3) is 0 Å². The first-order valence-corrected chi connectivity index (χ1v) is 7.03. The number of thiophene rings is 1. The first-order valence-electron chi connectivity index (χ1n) is 6.09. The molecule has 2 N–H and O–H groups in total. The highest BCUT2D eigenvalue weighted by Crippen LogP contribution is 2.33. The molecular formula is C13H22N2S. The summed E-state index contributed by atoms with van der Waals surface area (Å²) in [6.07, 6.45) is 2.57. The number of likely N-dealkylation sites (tertiary alicyclic amines) is 1. The molecule has 0 radical (unpaired) electrons. The van der Waals surface area contributed by atoms with Gasteiger partial charge in [-0.15, -0.1) is 0 Å². The second-order valence-electron chi connectivity index (χ2n) is 5.51. The Morgan fingerprint density at radius 1 is 1.44 bits per heavy atom. The quantitative estimate of drug-likeness (QED) is 0.877. The Labute approximate surface area is 102 Å². The highest BCUT2D eigenvalue weighted by Gasteiger charge is 2.29. The topological polar surface area (TPSA) is 29.3 Å². The summed E-state index contributed by atoms with van der Waals surface area (Å²) >= 11 is 1.76. The zero-order chi connectivity index (χ0) is 11.6. The third kappa shape index (κ3) is 2.65. The Morgan fingerprint density at radius 2 is 2.12 bits per heavy atom. The summed E-state index contributed by atoms with van der Waals surface area (Å²) in [5, 5.41) is 4.38. The first-order chi connectivity index (χ1) is 7.62. The van der Waals surface area contributed by atoms with Crippen LogP contribution in [0.4, 0.5) is 0 Å². The van der Waals surface area contributed by atoms with Crippen molar-refractivity contribution in [2.24, 2.45) is 11.1 Å². The zero-order valence-corrected chi connectivity index (χ0v) is 11.1. The molecular weight excluding hydrogens is 216 g/mol. The van der Waals surface area contributed by atoms with Crippen LogP contribution in [0.5, 0.6) is 0 Å². The largest absolute Gasteiger partial charge is 0.329 e. The molecule has 2 nitrogen and oxygen atoms in total. The molecule has 3 heteroatoms. The van der Waals surface area contributed by atoms with E-state index in [1.807, 2.05) is 0 Å². The summed E-state index contributed by atoms with van der Waals surface area (Å²) in [6, 6.07) is 2.64. The molecule has 0 saturated carbocycles. The molecule has 1 aliphatic rings. The molecule has 0 aromatic carbocycles. The summed E-state index contributed by atoms with van der Waals surface area (Å²) in [5.74, 6) is 0. The van der Waals surface area contributed by atoms with E-state index in [1.54, 1.807) is 11.3 Å². The second kappa shape index (κ2) is 4.86. The number of piperidine rings is 1. The van der Waals surface area contributed by atoms with Crippen molar-refractivity contribution in [2.45, 2.75) is 32.7 Å². The predicted octanol–water partition coefficient (Wildman–Crippen LogP) is 2.87. The minimum absolute atomic E-state index is 0.433. The monoisotopic (exact) mass is 238 g/mol. The maximum Gasteiger partial charge on any atom is 0.0478 e. The van der Waals surface area contributed by atoms with Crippen LogP contribution in [0.15, 0.2) is 16.8 Å². The minimum Gasteiger partial charge on any atom is -0.329 e. The van der Waals surface area contributed by atoms with Crippen LogP contribution in [0.2, 0.25) is 0 Å². The van der Waals surface area contributed by atoms with E-state index in [0.29, 0.717) is 11.5 Å². The fraction of sp³-hybridized carbons (Fsp3) is 0.692. The van der Waals surface area contributed by atoms with Gasteiger partial charge in [0.2, 0.25) is 0 Å². The molecule has 1 fully saturated rings. The van der Waals surface area contributed by atoms with Crippen LogP contribution in [-0.4, -0.2) is 24.5 Å². The molecule has 1 aromatic rings. The van der Waals surface area contributed by atoms with E-state index in [1.165, 1.54) is 31.5 Å². The predicted molar refractivity (Wildman–Crippen MR) is 70.7 cm³/mol. The van der Waals surface area contributed by atoms with E-state index in [4.69, 9.17) is 5.73 Å². The number of hydrogen-bond donors (Lipinski definition) is 1. The molecule has 1 aromatic heterocycles. The van der Waals surface area contributed by atoms with E-state index in [0.717, 1.165) is 6.54 Å². The summed E-state index contributed by atoms with van der Waals surface area (Å²) in [7, 11) is 0. The number of rotatable bonds is 3. The normalized spacial score (nSPS) is 23.2. The van der Waals surface area contributed by atoms with Crippen LogP contribution in [0.1, 0.15) is 38.3 Å². The van der Waals surface area contributed by atoms with E-state index in [9.17, 15) is 0 Å². The Kier molecular flexibility index (Phi) is 3.67. The van der Waals surface area contributed by atoms with Gasteiger partial charge < -0.3 is 5.73 Å². The molecule has 0 amide bonds. The molecule has 16 heavy (non-hydrogen) atoms. The van der Waals surface area contributed by atoms with Gasteiger partial charge in [-0.05, 0) is 53.7 Å². The van der Waals surface area contributed by atoms with Gasteiger partial charge in [-0.1, -0.05) is 13.8 Å². The maximum atomic E-state index is 5.93. The fourth-order valence-electron chi connectivity index (χ4n) is 2.40. The van der Waals surface area contributed by atoms with Crippen molar-refractivity contribution in [3.05, 3.63) is 22.4 Å². The second-order valence-corrected chi connectivity index (χ2v) is 6.29. The van der Waals surface area contributed by atoms with Crippen molar-refractivity contribution in [2.75, 3.05) is 19.6 Å². The van der Waals surface area contributed by atoms with Crippen LogP contribution in [0.25, 0.3) is 0 Å². The standard InChI is InChI=1S/C13H22N2S/c1-13(2)4-6-15(7-5-13)12(9-14)11-3-8-16-10-11/h3,8,10,12H,4-7,9,14H2,1-2H3. The van der Waals surface area contributed by atoms with Crippen LogP contribution in [0, 0.1) is 5.41 Å². The SMILES string of the molecule is CC1(C)CCN(C(CN)c2ccsc2)CC1. The lowest BCUT2D eigenvalue weighted by Gasteiger charge is -2.40. The first kappa shape index (κ1) is 12.1. The molecule has 2 rings (SSSR count). The number of nitrogens with two attached hydrogens (primary N) is 1. The molecule has 1 aliphatic heterocycles. The van der Waals surface area contributed by atoms with Crippen LogP contribution in [0.3, 0.4) is 0 Å². The smallest absolute Gasteiger partial charge is 0.0478 e. The van der Waals surface area contributed by atoms with Gasteiger partial charge in [0, 0.05) is 12.6 Å². The van der Waals surface area contributed by atoms with Gasteiger partial charge in [0.15, 0.2) is 0 Å². The summed E-state index contributed by atoms with van der Waals surface area (Å²) < 4.78 is 0. The third-order valence-electron chi connectivity index (χ3n) is 3.74. The van der Waals surface area contributed by atoms with Crippen molar-refractivity contribution >= 4 is 11.3 Å². The summed E-state index contributed by atoms with van der Waals surface area (Å²) in [6.45, 7) is 7.84. The molecule has 2 heterocycles. The van der Waals surface area contributed by atoms with Gasteiger partial charge in [-0.3, -0.25) is 4.90 Å². The minimum atomic E-state index is 0.433. The lowest BCUT2D eigenvalue weighted by molar-refractivity contribution is 0.0966. The number of hydrogen-bond acceptors (Lipinski definition) is 3. The highest BCUT2D eigenvalue weighted by molar-refractivity contribution is 7.07. The van der Waals surface area contributed by atoms with Gasteiger partial charge >= 0.3 is 0 Å². The molecule has 1 unspecified atom stereocenters. The average molecular weight is 238 g/mol. The van der Waals surface area contributed by atoms with Gasteiger partial charge in [-0.2, -0.15) is 11.3 Å². The van der Waals surface area contributed by atoms with E-state index >= 15 is 0 Å². The van der Waals surface area contributed by atoms with Crippen LogP contribution in [-0.2, 0) is 0 Å². The molecule has 90 valence electrons. The van der Waals surface area contributed by atoms with E-state index < -0.39 is 0 Å². The summed E-state index contributed by atoms with van der Waals surface area (Å²) in [4.78, 5) is 2.55. The van der Waals surface area contributed by atoms with Gasteiger partial charge in [-0.25, -0.2) is 0 Å². The fourth-order valence-corrected chi connectivity index (χ4v) is 3.11. The Balaban J connectivity index is 2.02. The Bertz CT molecular complexity index is 309. The highest BCUT2D eigenvalue weighted by atomic mass is 32.1. The molecule has 1 saturated heterocycles. The van der Waals surface area contributed by atoms with Crippen molar-refractivity contribution < 1.29 is 0 Å². The summed E-state index contributed by atoms with van der Waals surface area (Å²) in [5.41, 5.74) is 7.84. The molecule has 1 atom stereocenters. The Morgan fingerprint density at radius 3 is 2.62 bits per heavy atom. The zero-order valence-electron chi connectivity index (χ0n) is 10.3. The van der Waals surface area contributed by atoms with Crippen molar-refractivity contribution in [1.82, 2.24) is 4.90 Å². The number of nitrogens with zero attached hydrogens (tertiary/aromatic N) is 1. The lowest BCUT2D eigenvalue weighted by Crippen LogP contribution is -2.41. The van der Waals surface area contributed by atoms with E-state index in [2.05, 4.69) is 35.6 Å². The maximum absolute atomic E-state index is 5.93. The van der Waals surface area contributed by atoms with Crippen LogP contribution < -0.4 is 5.73 Å². The molecule has 0 bridgehead atoms. The van der Waals surface area contributed by atoms with E-state index in [-0.39, 0.29) is 0 Å². The van der Waals surface area contributed by atoms with Crippen molar-refractivity contribution in [3.8, 4) is 0 Å². The molecule has 0 aliphatic carbocycles. The Hall–Kier alpha value is -0.380. The van der Waals surface area contributed by atoms with Crippen LogP contribution >= 0.6 is 11.3 Å². The van der Waals surface area contributed by atoms with Crippen molar-refractivity contribution in [3.63, 3.8) is 0 Å². The van der Waals surface area contributed by atoms with Crippen molar-refractivity contribution in [1.29, 1.82) is 0 Å². The lowest BCUT2D eigenvalue weighted by atomic mass is 9.82. The van der Waals surface area contributed by atoms with Gasteiger partial charge in [0.1, 0.15) is 0 Å².